The Morgan fingerprint density at radius 2 is 2.06 bits per heavy atom. The Bertz CT molecular complexity index is 367. The normalized spacial score (nSPS) is 14.4. The molecule has 0 radical (unpaired) electrons. The van der Waals surface area contributed by atoms with Crippen molar-refractivity contribution in [2.45, 2.75) is 39.7 Å². The molecule has 0 amide bonds. The summed E-state index contributed by atoms with van der Waals surface area (Å²) in [5.74, 6) is 0.763. The molecule has 0 aliphatic carbocycles. The lowest BCUT2D eigenvalue weighted by Gasteiger charge is -2.30. The summed E-state index contributed by atoms with van der Waals surface area (Å²) in [4.78, 5) is 0. The summed E-state index contributed by atoms with van der Waals surface area (Å²) in [6.07, 6.45) is 0.935. The van der Waals surface area contributed by atoms with Crippen LogP contribution in [0.25, 0.3) is 0 Å². The Hall–Kier alpha value is -0.730. The molecule has 0 bridgehead atoms. The zero-order chi connectivity index (χ0) is 12.9. The molecule has 1 rings (SSSR count). The molecule has 0 fully saturated rings. The van der Waals surface area contributed by atoms with E-state index in [1.807, 2.05) is 25.1 Å². The maximum absolute atomic E-state index is 6.18. The van der Waals surface area contributed by atoms with E-state index in [4.69, 9.17) is 16.3 Å². The van der Waals surface area contributed by atoms with Crippen molar-refractivity contribution in [3.63, 3.8) is 0 Å². The fraction of sp³-hybridized carbons (Fsp3) is 0.571. The van der Waals surface area contributed by atoms with Crippen LogP contribution in [-0.2, 0) is 0 Å². The lowest BCUT2D eigenvalue weighted by Crippen LogP contribution is -2.42. The summed E-state index contributed by atoms with van der Waals surface area (Å²) in [5.41, 5.74) is 0.932. The summed E-state index contributed by atoms with van der Waals surface area (Å²) in [6, 6.07) is 5.89. The predicted molar refractivity (Wildman–Crippen MR) is 74.1 cm³/mol. The highest BCUT2D eigenvalue weighted by atomic mass is 35.5. The van der Waals surface area contributed by atoms with Crippen LogP contribution < -0.4 is 10.1 Å². The first-order valence-electron chi connectivity index (χ1n) is 6.16. The van der Waals surface area contributed by atoms with Gasteiger partial charge in [-0.25, -0.2) is 0 Å². The number of likely N-dealkylation sites (N-methyl/N-ethyl adjacent to an activating group) is 1. The lowest BCUT2D eigenvalue weighted by molar-refractivity contribution is 0.0843. The Kier molecular flexibility index (Phi) is 5.29. The Morgan fingerprint density at radius 1 is 1.35 bits per heavy atom. The summed E-state index contributed by atoms with van der Waals surface area (Å²) in [6.45, 7) is 10.1. The molecule has 0 spiro atoms. The average Bonchev–Trinajstić information content (AvgIpc) is 2.30. The summed E-state index contributed by atoms with van der Waals surface area (Å²) >= 11 is 6.18. The van der Waals surface area contributed by atoms with E-state index in [0.717, 1.165) is 30.8 Å². The van der Waals surface area contributed by atoms with Gasteiger partial charge in [0.25, 0.3) is 0 Å². The Morgan fingerprint density at radius 3 is 2.59 bits per heavy atom. The maximum atomic E-state index is 6.18. The second-order valence-electron chi connectivity index (χ2n) is 4.62. The summed E-state index contributed by atoms with van der Waals surface area (Å²) in [7, 11) is 0. The average molecular weight is 256 g/mol. The smallest absolute Gasteiger partial charge is 0.138 e. The van der Waals surface area contributed by atoms with Crippen LogP contribution in [0, 0.1) is 6.92 Å². The third-order valence-corrected chi connectivity index (χ3v) is 3.24. The molecule has 96 valence electrons. The SMILES string of the molecule is CCNCC(C)(CC)Oc1ccc(C)cc1Cl. The molecule has 17 heavy (non-hydrogen) atoms. The first-order chi connectivity index (χ1) is 8.00. The van der Waals surface area contributed by atoms with Gasteiger partial charge in [-0.1, -0.05) is 31.5 Å². The van der Waals surface area contributed by atoms with Crippen LogP contribution in [0.1, 0.15) is 32.8 Å². The van der Waals surface area contributed by atoms with E-state index in [2.05, 4.69) is 26.1 Å². The lowest BCUT2D eigenvalue weighted by atomic mass is 10.0. The largest absolute Gasteiger partial charge is 0.485 e. The van der Waals surface area contributed by atoms with E-state index in [1.54, 1.807) is 0 Å². The number of halogens is 1. The number of hydrogen-bond acceptors (Lipinski definition) is 2. The highest BCUT2D eigenvalue weighted by Crippen LogP contribution is 2.29. The molecule has 1 aromatic carbocycles. The fourth-order valence-electron chi connectivity index (χ4n) is 1.58. The van der Waals surface area contributed by atoms with Crippen LogP contribution in [0.4, 0.5) is 0 Å². The number of ether oxygens (including phenoxy) is 1. The van der Waals surface area contributed by atoms with Crippen LogP contribution in [0.2, 0.25) is 5.02 Å². The minimum Gasteiger partial charge on any atom is -0.485 e. The molecule has 3 heteroatoms. The van der Waals surface area contributed by atoms with Crippen molar-refractivity contribution in [2.24, 2.45) is 0 Å². The maximum Gasteiger partial charge on any atom is 0.138 e. The van der Waals surface area contributed by atoms with Gasteiger partial charge >= 0.3 is 0 Å². The van der Waals surface area contributed by atoms with Crippen molar-refractivity contribution in [3.8, 4) is 5.75 Å². The summed E-state index contributed by atoms with van der Waals surface area (Å²) in [5, 5.41) is 4.00. The Balaban J connectivity index is 2.79. The van der Waals surface area contributed by atoms with E-state index < -0.39 is 0 Å². The Labute approximate surface area is 109 Å². The van der Waals surface area contributed by atoms with Crippen LogP contribution in [0.5, 0.6) is 5.75 Å². The molecule has 1 N–H and O–H groups in total. The van der Waals surface area contributed by atoms with E-state index in [1.165, 1.54) is 0 Å². The van der Waals surface area contributed by atoms with Gasteiger partial charge in [0.15, 0.2) is 0 Å². The van der Waals surface area contributed by atoms with Gasteiger partial charge in [-0.05, 0) is 44.5 Å². The third-order valence-electron chi connectivity index (χ3n) is 2.94. The molecule has 0 saturated carbocycles. The van der Waals surface area contributed by atoms with Crippen molar-refractivity contribution < 1.29 is 4.74 Å². The molecule has 0 aliphatic rings. The van der Waals surface area contributed by atoms with Gasteiger partial charge in [-0.2, -0.15) is 0 Å². The van der Waals surface area contributed by atoms with E-state index in [9.17, 15) is 0 Å². The first kappa shape index (κ1) is 14.3. The van der Waals surface area contributed by atoms with Gasteiger partial charge in [-0.3, -0.25) is 0 Å². The highest BCUT2D eigenvalue weighted by Gasteiger charge is 2.24. The second kappa shape index (κ2) is 6.27. The fourth-order valence-corrected chi connectivity index (χ4v) is 1.85. The van der Waals surface area contributed by atoms with Crippen LogP contribution in [-0.4, -0.2) is 18.7 Å². The standard InChI is InChI=1S/C14H22ClNO/c1-5-14(4,10-16-6-2)17-13-8-7-11(3)9-12(13)15/h7-9,16H,5-6,10H2,1-4H3. The van der Waals surface area contributed by atoms with Gasteiger partial charge < -0.3 is 10.1 Å². The topological polar surface area (TPSA) is 21.3 Å². The number of rotatable bonds is 6. The molecular weight excluding hydrogens is 234 g/mol. The van der Waals surface area contributed by atoms with Crippen LogP contribution in [0.3, 0.4) is 0 Å². The van der Waals surface area contributed by atoms with E-state index in [-0.39, 0.29) is 5.60 Å². The molecule has 0 heterocycles. The van der Waals surface area contributed by atoms with Crippen LogP contribution in [0.15, 0.2) is 18.2 Å². The molecule has 1 aromatic rings. The monoisotopic (exact) mass is 255 g/mol. The van der Waals surface area contributed by atoms with Crippen molar-refractivity contribution in [1.29, 1.82) is 0 Å². The molecule has 1 atom stereocenters. The third kappa shape index (κ3) is 4.21. The van der Waals surface area contributed by atoms with Crippen molar-refractivity contribution in [2.75, 3.05) is 13.1 Å². The highest BCUT2D eigenvalue weighted by molar-refractivity contribution is 6.32. The van der Waals surface area contributed by atoms with Gasteiger partial charge in [-0.15, -0.1) is 0 Å². The minimum absolute atomic E-state index is 0.213. The van der Waals surface area contributed by atoms with E-state index >= 15 is 0 Å². The first-order valence-corrected chi connectivity index (χ1v) is 6.54. The molecule has 0 aliphatic heterocycles. The molecule has 0 saturated heterocycles. The summed E-state index contributed by atoms with van der Waals surface area (Å²) < 4.78 is 6.04. The number of aryl methyl sites for hydroxylation is 1. The molecular formula is C14H22ClNO. The van der Waals surface area contributed by atoms with Gasteiger partial charge in [0.2, 0.25) is 0 Å². The van der Waals surface area contributed by atoms with E-state index in [0.29, 0.717) is 5.02 Å². The molecule has 0 aromatic heterocycles. The zero-order valence-electron chi connectivity index (χ0n) is 11.1. The number of hydrogen-bond donors (Lipinski definition) is 1. The second-order valence-corrected chi connectivity index (χ2v) is 5.03. The van der Waals surface area contributed by atoms with Crippen molar-refractivity contribution >= 4 is 11.6 Å². The molecule has 1 unspecified atom stereocenters. The van der Waals surface area contributed by atoms with Crippen LogP contribution >= 0.6 is 11.6 Å². The van der Waals surface area contributed by atoms with Gasteiger partial charge in [0.05, 0.1) is 5.02 Å². The number of nitrogens with one attached hydrogen (secondary N) is 1. The number of benzene rings is 1. The van der Waals surface area contributed by atoms with Gasteiger partial charge in [0.1, 0.15) is 11.4 Å². The zero-order valence-corrected chi connectivity index (χ0v) is 11.9. The molecule has 2 nitrogen and oxygen atoms in total. The van der Waals surface area contributed by atoms with Crippen molar-refractivity contribution in [3.05, 3.63) is 28.8 Å². The van der Waals surface area contributed by atoms with Gasteiger partial charge in [0, 0.05) is 6.54 Å². The quantitative estimate of drug-likeness (QED) is 0.835. The van der Waals surface area contributed by atoms with Crippen molar-refractivity contribution in [1.82, 2.24) is 5.32 Å². The predicted octanol–water partition coefficient (Wildman–Crippen LogP) is 3.81. The minimum atomic E-state index is -0.213.